The maximum absolute atomic E-state index is 13.4. The Morgan fingerprint density at radius 2 is 1.67 bits per heavy atom. The molecule has 1 aliphatic rings. The zero-order valence-electron chi connectivity index (χ0n) is 16.6. The highest BCUT2D eigenvalue weighted by molar-refractivity contribution is 5.99. The Balaban J connectivity index is 1.62. The number of hydrogen-bond acceptors (Lipinski definition) is 4. The summed E-state index contributed by atoms with van der Waals surface area (Å²) in [5.41, 5.74) is 3.17. The quantitative estimate of drug-likeness (QED) is 0.526. The van der Waals surface area contributed by atoms with E-state index < -0.39 is 6.04 Å². The average Bonchev–Trinajstić information content (AvgIpc) is 3.05. The molecule has 30 heavy (non-hydrogen) atoms. The highest BCUT2D eigenvalue weighted by atomic mass is 16.5. The van der Waals surface area contributed by atoms with E-state index in [9.17, 15) is 9.59 Å². The van der Waals surface area contributed by atoms with Crippen LogP contribution in [0.15, 0.2) is 75.9 Å². The Kier molecular flexibility index (Phi) is 4.17. The number of rotatable bonds is 3. The van der Waals surface area contributed by atoms with Gasteiger partial charge in [-0.3, -0.25) is 9.59 Å². The SMILES string of the molecule is Cc1cc(C)c2c(=O)c3c(oc2c1)C(=O)NC3c1cccc(Oc2ccccc2)c1. The Bertz CT molecular complexity index is 1360. The molecule has 1 N–H and O–H groups in total. The van der Waals surface area contributed by atoms with Gasteiger partial charge in [0.25, 0.3) is 5.91 Å². The van der Waals surface area contributed by atoms with E-state index in [4.69, 9.17) is 9.15 Å². The van der Waals surface area contributed by atoms with Crippen LogP contribution >= 0.6 is 0 Å². The number of ether oxygens (including phenoxy) is 1. The van der Waals surface area contributed by atoms with E-state index in [0.29, 0.717) is 28.0 Å². The van der Waals surface area contributed by atoms with Crippen molar-refractivity contribution in [2.24, 2.45) is 0 Å². The third-order valence-corrected chi connectivity index (χ3v) is 5.31. The van der Waals surface area contributed by atoms with Crippen molar-refractivity contribution in [3.8, 4) is 11.5 Å². The van der Waals surface area contributed by atoms with Gasteiger partial charge in [-0.2, -0.15) is 0 Å². The number of nitrogens with one attached hydrogen (secondary N) is 1. The van der Waals surface area contributed by atoms with E-state index in [1.165, 1.54) is 0 Å². The third-order valence-electron chi connectivity index (χ3n) is 5.31. The minimum Gasteiger partial charge on any atom is -0.457 e. The minimum absolute atomic E-state index is 0.0804. The first-order valence-electron chi connectivity index (χ1n) is 9.73. The first-order chi connectivity index (χ1) is 14.5. The molecule has 4 aromatic rings. The zero-order valence-corrected chi connectivity index (χ0v) is 16.6. The van der Waals surface area contributed by atoms with Crippen molar-refractivity contribution in [1.82, 2.24) is 5.32 Å². The minimum atomic E-state index is -0.590. The van der Waals surface area contributed by atoms with Crippen LogP contribution in [-0.4, -0.2) is 5.91 Å². The largest absolute Gasteiger partial charge is 0.457 e. The molecule has 5 rings (SSSR count). The number of para-hydroxylation sites is 1. The van der Waals surface area contributed by atoms with Gasteiger partial charge < -0.3 is 14.5 Å². The van der Waals surface area contributed by atoms with Gasteiger partial charge in [-0.15, -0.1) is 0 Å². The molecular weight excluding hydrogens is 378 g/mol. The van der Waals surface area contributed by atoms with Gasteiger partial charge in [-0.1, -0.05) is 36.4 Å². The van der Waals surface area contributed by atoms with Crippen molar-refractivity contribution in [3.63, 3.8) is 0 Å². The summed E-state index contributed by atoms with van der Waals surface area (Å²) >= 11 is 0. The Morgan fingerprint density at radius 3 is 2.47 bits per heavy atom. The van der Waals surface area contributed by atoms with Crippen molar-refractivity contribution in [1.29, 1.82) is 0 Å². The van der Waals surface area contributed by atoms with E-state index in [2.05, 4.69) is 5.32 Å². The van der Waals surface area contributed by atoms with E-state index >= 15 is 0 Å². The molecule has 1 amide bonds. The molecule has 5 nitrogen and oxygen atoms in total. The van der Waals surface area contributed by atoms with Crippen molar-refractivity contribution < 1.29 is 13.9 Å². The summed E-state index contributed by atoms with van der Waals surface area (Å²) in [4.78, 5) is 26.0. The molecule has 1 atom stereocenters. The second-order valence-corrected chi connectivity index (χ2v) is 7.52. The number of amides is 1. The van der Waals surface area contributed by atoms with Gasteiger partial charge in [0.1, 0.15) is 17.1 Å². The van der Waals surface area contributed by atoms with Crippen LogP contribution in [0.3, 0.4) is 0 Å². The van der Waals surface area contributed by atoms with Crippen molar-refractivity contribution in [2.75, 3.05) is 0 Å². The van der Waals surface area contributed by atoms with Crippen LogP contribution in [0.5, 0.6) is 11.5 Å². The van der Waals surface area contributed by atoms with Gasteiger partial charge >= 0.3 is 0 Å². The maximum atomic E-state index is 13.4. The predicted octanol–water partition coefficient (Wildman–Crippen LogP) is 5.03. The number of hydrogen-bond donors (Lipinski definition) is 1. The molecule has 2 heterocycles. The van der Waals surface area contributed by atoms with Crippen LogP contribution < -0.4 is 15.5 Å². The van der Waals surface area contributed by atoms with Crippen molar-refractivity contribution in [3.05, 3.63) is 105 Å². The Labute approximate surface area is 172 Å². The second-order valence-electron chi connectivity index (χ2n) is 7.52. The van der Waals surface area contributed by atoms with Crippen molar-refractivity contribution >= 4 is 16.9 Å². The molecule has 0 bridgehead atoms. The second kappa shape index (κ2) is 6.88. The van der Waals surface area contributed by atoms with Crippen LogP contribution in [0.1, 0.15) is 38.9 Å². The molecule has 1 aliphatic heterocycles. The van der Waals surface area contributed by atoms with Gasteiger partial charge in [0, 0.05) is 0 Å². The fourth-order valence-electron chi connectivity index (χ4n) is 4.03. The van der Waals surface area contributed by atoms with Gasteiger partial charge in [0.2, 0.25) is 5.76 Å². The fourth-order valence-corrected chi connectivity index (χ4v) is 4.03. The molecule has 148 valence electrons. The summed E-state index contributed by atoms with van der Waals surface area (Å²) in [6.07, 6.45) is 0. The van der Waals surface area contributed by atoms with E-state index in [1.54, 1.807) is 6.07 Å². The summed E-state index contributed by atoms with van der Waals surface area (Å²) in [5, 5.41) is 3.40. The van der Waals surface area contributed by atoms with Gasteiger partial charge in [0.15, 0.2) is 5.43 Å². The third kappa shape index (κ3) is 2.95. The summed E-state index contributed by atoms with van der Waals surface area (Å²) in [7, 11) is 0. The molecule has 5 heteroatoms. The molecule has 0 saturated heterocycles. The summed E-state index contributed by atoms with van der Waals surface area (Å²) in [6, 6.07) is 20.0. The van der Waals surface area contributed by atoms with Gasteiger partial charge in [-0.25, -0.2) is 0 Å². The first kappa shape index (κ1) is 18.2. The summed E-state index contributed by atoms with van der Waals surface area (Å²) in [5.74, 6) is 1.03. The first-order valence-corrected chi connectivity index (χ1v) is 9.73. The number of aryl methyl sites for hydroxylation is 2. The molecule has 0 saturated carbocycles. The zero-order chi connectivity index (χ0) is 20.8. The summed E-state index contributed by atoms with van der Waals surface area (Å²) < 4.78 is 11.8. The van der Waals surface area contributed by atoms with Crippen LogP contribution in [0.25, 0.3) is 11.0 Å². The van der Waals surface area contributed by atoms with Gasteiger partial charge in [0.05, 0.1) is 17.0 Å². The van der Waals surface area contributed by atoms with E-state index in [-0.39, 0.29) is 17.1 Å². The average molecular weight is 397 g/mol. The lowest BCUT2D eigenvalue weighted by Gasteiger charge is -2.14. The topological polar surface area (TPSA) is 68.5 Å². The molecule has 0 fully saturated rings. The molecule has 0 radical (unpaired) electrons. The number of carbonyl (C=O) groups excluding carboxylic acids is 1. The molecular formula is C25H19NO4. The number of fused-ring (bicyclic) bond motifs is 2. The van der Waals surface area contributed by atoms with Crippen LogP contribution in [0.4, 0.5) is 0 Å². The lowest BCUT2D eigenvalue weighted by atomic mass is 9.97. The van der Waals surface area contributed by atoms with E-state index in [1.807, 2.05) is 74.5 Å². The normalized spacial score (nSPS) is 15.1. The molecule has 0 spiro atoms. The molecule has 3 aromatic carbocycles. The van der Waals surface area contributed by atoms with Crippen molar-refractivity contribution in [2.45, 2.75) is 19.9 Å². The lowest BCUT2D eigenvalue weighted by molar-refractivity contribution is 0.0938. The predicted molar refractivity (Wildman–Crippen MR) is 114 cm³/mol. The lowest BCUT2D eigenvalue weighted by Crippen LogP contribution is -2.22. The van der Waals surface area contributed by atoms with E-state index in [0.717, 1.165) is 16.7 Å². The van der Waals surface area contributed by atoms with Crippen LogP contribution in [0, 0.1) is 13.8 Å². The maximum Gasteiger partial charge on any atom is 0.288 e. The molecule has 1 aromatic heterocycles. The Hall–Kier alpha value is -3.86. The smallest absolute Gasteiger partial charge is 0.288 e. The van der Waals surface area contributed by atoms with Crippen LogP contribution in [-0.2, 0) is 0 Å². The van der Waals surface area contributed by atoms with Crippen LogP contribution in [0.2, 0.25) is 0 Å². The number of carbonyl (C=O) groups is 1. The molecule has 0 aliphatic carbocycles. The standard InChI is InChI=1S/C25H19NO4/c1-14-11-15(2)20-19(12-14)30-24-21(23(20)27)22(26-25(24)28)16-7-6-10-18(13-16)29-17-8-4-3-5-9-17/h3-13,22H,1-2H3,(H,26,28). The molecule has 1 unspecified atom stereocenters. The monoisotopic (exact) mass is 397 g/mol. The fraction of sp³-hybridized carbons (Fsp3) is 0.120. The highest BCUT2D eigenvalue weighted by Crippen LogP contribution is 2.34. The summed E-state index contributed by atoms with van der Waals surface area (Å²) in [6.45, 7) is 3.81. The highest BCUT2D eigenvalue weighted by Gasteiger charge is 2.36. The number of benzene rings is 3. The van der Waals surface area contributed by atoms with Gasteiger partial charge in [-0.05, 0) is 60.9 Å². The Morgan fingerprint density at radius 1 is 0.900 bits per heavy atom.